The number of likely N-dealkylation sites (tertiary alicyclic amines) is 1. The molecule has 0 saturated carbocycles. The monoisotopic (exact) mass is 430 g/mol. The van der Waals surface area contributed by atoms with Crippen molar-refractivity contribution < 1.29 is 0 Å². The number of nitrogens with zero attached hydrogens (tertiary/aromatic N) is 3. The van der Waals surface area contributed by atoms with Gasteiger partial charge in [-0.1, -0.05) is 36.8 Å². The molecule has 1 heterocycles. The molecule has 130 valence electrons. The van der Waals surface area contributed by atoms with Gasteiger partial charge in [0.15, 0.2) is 5.96 Å². The van der Waals surface area contributed by atoms with Gasteiger partial charge >= 0.3 is 0 Å². The summed E-state index contributed by atoms with van der Waals surface area (Å²) in [5.74, 6) is 1.41. The van der Waals surface area contributed by atoms with Crippen LogP contribution in [0, 0.1) is 12.8 Å². The van der Waals surface area contributed by atoms with Crippen molar-refractivity contribution in [2.75, 3.05) is 33.7 Å². The molecule has 1 saturated heterocycles. The zero-order chi connectivity index (χ0) is 16.1. The molecule has 1 fully saturated rings. The second kappa shape index (κ2) is 9.47. The second-order valence-corrected chi connectivity index (χ2v) is 6.78. The molecule has 1 aromatic carbocycles. The Bertz CT molecular complexity index is 498. The molecule has 0 bridgehead atoms. The van der Waals surface area contributed by atoms with E-state index in [0.29, 0.717) is 18.4 Å². The molecule has 0 aliphatic carbocycles. The van der Waals surface area contributed by atoms with E-state index in [0.717, 1.165) is 13.1 Å². The highest BCUT2D eigenvalue weighted by Crippen LogP contribution is 2.20. The molecule has 0 aromatic heterocycles. The van der Waals surface area contributed by atoms with Crippen LogP contribution in [0.15, 0.2) is 29.3 Å². The van der Waals surface area contributed by atoms with Gasteiger partial charge in [0.25, 0.3) is 0 Å². The maximum absolute atomic E-state index is 6.22. The van der Waals surface area contributed by atoms with Crippen LogP contribution in [0.5, 0.6) is 0 Å². The third kappa shape index (κ3) is 5.95. The highest BCUT2D eigenvalue weighted by molar-refractivity contribution is 14.0. The van der Waals surface area contributed by atoms with Gasteiger partial charge in [0.1, 0.15) is 0 Å². The molecular formula is C18H31IN4. The van der Waals surface area contributed by atoms with Crippen molar-refractivity contribution in [1.82, 2.24) is 9.80 Å². The van der Waals surface area contributed by atoms with E-state index < -0.39 is 0 Å². The highest BCUT2D eigenvalue weighted by atomic mass is 127. The molecule has 2 atom stereocenters. The zero-order valence-electron chi connectivity index (χ0n) is 14.8. The van der Waals surface area contributed by atoms with Crippen LogP contribution in [0.25, 0.3) is 0 Å². The number of likely N-dealkylation sites (N-methyl/N-ethyl adjacent to an activating group) is 1. The van der Waals surface area contributed by atoms with Gasteiger partial charge in [0.05, 0.1) is 12.6 Å². The number of aryl methyl sites for hydroxylation is 1. The largest absolute Gasteiger partial charge is 0.370 e. The maximum Gasteiger partial charge on any atom is 0.191 e. The third-order valence-corrected chi connectivity index (χ3v) is 4.49. The Morgan fingerprint density at radius 1 is 1.35 bits per heavy atom. The number of hydrogen-bond acceptors (Lipinski definition) is 2. The standard InChI is InChI=1S/C18H30N4.HI/c1-14-7-9-16(10-8-14)17(21(3)4)12-20-18(19)22-11-5-6-15(2)13-22;/h7-10,15,17H,5-6,11-13H2,1-4H3,(H2,19,20);1H. The fourth-order valence-electron chi connectivity index (χ4n) is 3.03. The van der Waals surface area contributed by atoms with E-state index in [-0.39, 0.29) is 30.0 Å². The Balaban J connectivity index is 0.00000264. The predicted octanol–water partition coefficient (Wildman–Crippen LogP) is 3.26. The summed E-state index contributed by atoms with van der Waals surface area (Å²) < 4.78 is 0. The number of hydrogen-bond donors (Lipinski definition) is 1. The fourth-order valence-corrected chi connectivity index (χ4v) is 3.03. The molecule has 0 amide bonds. The molecule has 2 N–H and O–H groups in total. The summed E-state index contributed by atoms with van der Waals surface area (Å²) in [5, 5.41) is 0. The summed E-state index contributed by atoms with van der Waals surface area (Å²) in [7, 11) is 4.19. The fraction of sp³-hybridized carbons (Fsp3) is 0.611. The highest BCUT2D eigenvalue weighted by Gasteiger charge is 2.19. The lowest BCUT2D eigenvalue weighted by Crippen LogP contribution is -2.43. The average Bonchev–Trinajstić information content (AvgIpc) is 2.48. The topological polar surface area (TPSA) is 44.9 Å². The molecule has 0 spiro atoms. The summed E-state index contributed by atoms with van der Waals surface area (Å²) in [6, 6.07) is 8.96. The minimum atomic E-state index is 0. The van der Waals surface area contributed by atoms with Crippen molar-refractivity contribution in [1.29, 1.82) is 0 Å². The Kier molecular flexibility index (Phi) is 8.33. The van der Waals surface area contributed by atoms with Crippen LogP contribution in [-0.4, -0.2) is 49.5 Å². The smallest absolute Gasteiger partial charge is 0.191 e. The zero-order valence-corrected chi connectivity index (χ0v) is 17.2. The average molecular weight is 430 g/mol. The molecule has 5 heteroatoms. The third-order valence-electron chi connectivity index (χ3n) is 4.49. The van der Waals surface area contributed by atoms with Crippen LogP contribution in [0.1, 0.15) is 36.9 Å². The van der Waals surface area contributed by atoms with Crippen molar-refractivity contribution in [2.24, 2.45) is 16.6 Å². The van der Waals surface area contributed by atoms with Crippen molar-refractivity contribution in [3.8, 4) is 0 Å². The summed E-state index contributed by atoms with van der Waals surface area (Å²) in [6.45, 7) is 7.17. The number of piperidine rings is 1. The number of aliphatic imine (C=N–C) groups is 1. The number of nitrogens with two attached hydrogens (primary N) is 1. The minimum Gasteiger partial charge on any atom is -0.370 e. The van der Waals surface area contributed by atoms with E-state index in [1.807, 2.05) is 0 Å². The molecule has 2 unspecified atom stereocenters. The number of rotatable bonds is 4. The lowest BCUT2D eigenvalue weighted by Gasteiger charge is -2.32. The SMILES string of the molecule is Cc1ccc(C(CN=C(N)N2CCCC(C)C2)N(C)C)cc1.I. The quantitative estimate of drug-likeness (QED) is 0.453. The van der Waals surface area contributed by atoms with E-state index in [1.54, 1.807) is 0 Å². The van der Waals surface area contributed by atoms with E-state index in [2.05, 4.69) is 67.0 Å². The molecule has 2 rings (SSSR count). The lowest BCUT2D eigenvalue weighted by atomic mass is 10.0. The summed E-state index contributed by atoms with van der Waals surface area (Å²) in [5.41, 5.74) is 8.79. The first-order valence-corrected chi connectivity index (χ1v) is 8.25. The van der Waals surface area contributed by atoms with E-state index >= 15 is 0 Å². The van der Waals surface area contributed by atoms with Crippen molar-refractivity contribution in [3.63, 3.8) is 0 Å². The van der Waals surface area contributed by atoms with Crippen molar-refractivity contribution >= 4 is 29.9 Å². The van der Waals surface area contributed by atoms with Crippen molar-refractivity contribution in [2.45, 2.75) is 32.7 Å². The van der Waals surface area contributed by atoms with Gasteiger partial charge in [-0.2, -0.15) is 0 Å². The van der Waals surface area contributed by atoms with E-state index in [9.17, 15) is 0 Å². The molecule has 23 heavy (non-hydrogen) atoms. The molecular weight excluding hydrogens is 399 g/mol. The van der Waals surface area contributed by atoms with Crippen LogP contribution in [-0.2, 0) is 0 Å². The van der Waals surface area contributed by atoms with Crippen molar-refractivity contribution in [3.05, 3.63) is 35.4 Å². The summed E-state index contributed by atoms with van der Waals surface area (Å²) in [4.78, 5) is 9.12. The summed E-state index contributed by atoms with van der Waals surface area (Å²) >= 11 is 0. The maximum atomic E-state index is 6.22. The van der Waals surface area contributed by atoms with E-state index in [4.69, 9.17) is 5.73 Å². The molecule has 1 aromatic rings. The lowest BCUT2D eigenvalue weighted by molar-refractivity contribution is 0.267. The van der Waals surface area contributed by atoms with Gasteiger partial charge in [-0.25, -0.2) is 0 Å². The first-order chi connectivity index (χ1) is 10.5. The van der Waals surface area contributed by atoms with Crippen LogP contribution in [0.3, 0.4) is 0 Å². The van der Waals surface area contributed by atoms with Gasteiger partial charge in [0.2, 0.25) is 0 Å². The Labute approximate surface area is 158 Å². The Hall–Kier alpha value is -0.820. The molecule has 1 aliphatic rings. The van der Waals surface area contributed by atoms with E-state index in [1.165, 1.54) is 24.0 Å². The van der Waals surface area contributed by atoms with Gasteiger partial charge in [-0.15, -0.1) is 24.0 Å². The molecule has 0 radical (unpaired) electrons. The Morgan fingerprint density at radius 2 is 2.00 bits per heavy atom. The normalized spacial score (nSPS) is 20.3. The van der Waals surface area contributed by atoms with Gasteiger partial charge in [0, 0.05) is 13.1 Å². The van der Waals surface area contributed by atoms with Crippen LogP contribution >= 0.6 is 24.0 Å². The Morgan fingerprint density at radius 3 is 2.57 bits per heavy atom. The van der Waals surface area contributed by atoms with Gasteiger partial charge in [-0.05, 0) is 45.3 Å². The van der Waals surface area contributed by atoms with Crippen LogP contribution in [0.4, 0.5) is 0 Å². The number of benzene rings is 1. The first kappa shape index (κ1) is 20.2. The summed E-state index contributed by atoms with van der Waals surface area (Å²) in [6.07, 6.45) is 2.51. The van der Waals surface area contributed by atoms with Gasteiger partial charge in [-0.3, -0.25) is 4.99 Å². The molecule has 4 nitrogen and oxygen atoms in total. The first-order valence-electron chi connectivity index (χ1n) is 8.25. The van der Waals surface area contributed by atoms with Gasteiger partial charge < -0.3 is 15.5 Å². The second-order valence-electron chi connectivity index (χ2n) is 6.78. The van der Waals surface area contributed by atoms with Crippen LogP contribution in [0.2, 0.25) is 0 Å². The predicted molar refractivity (Wildman–Crippen MR) is 109 cm³/mol. The number of halogens is 1. The minimum absolute atomic E-state index is 0. The van der Waals surface area contributed by atoms with Crippen LogP contribution < -0.4 is 5.73 Å². The number of guanidine groups is 1. The molecule has 1 aliphatic heterocycles.